The van der Waals surface area contributed by atoms with Crippen molar-refractivity contribution in [1.82, 2.24) is 9.88 Å². The van der Waals surface area contributed by atoms with Gasteiger partial charge in [-0.3, -0.25) is 4.79 Å². The zero-order valence-electron chi connectivity index (χ0n) is 12.8. The number of benzene rings is 1. The van der Waals surface area contributed by atoms with Gasteiger partial charge in [0.15, 0.2) is 0 Å². The van der Waals surface area contributed by atoms with Crippen LogP contribution in [0.5, 0.6) is 5.75 Å². The van der Waals surface area contributed by atoms with Gasteiger partial charge in [0.1, 0.15) is 5.75 Å². The quantitative estimate of drug-likeness (QED) is 0.887. The van der Waals surface area contributed by atoms with Crippen LogP contribution in [0.4, 0.5) is 0 Å². The molecule has 112 valence electrons. The Morgan fingerprint density at radius 1 is 1.24 bits per heavy atom. The third-order valence-corrected chi connectivity index (χ3v) is 3.58. The average molecular weight is 286 g/mol. The van der Waals surface area contributed by atoms with Crippen LogP contribution in [0.3, 0.4) is 0 Å². The van der Waals surface area contributed by atoms with Crippen LogP contribution in [0.25, 0.3) is 0 Å². The van der Waals surface area contributed by atoms with Gasteiger partial charge in [-0.05, 0) is 37.2 Å². The molecule has 0 aliphatic heterocycles. The molecule has 0 radical (unpaired) electrons. The zero-order chi connectivity index (χ0) is 15.2. The van der Waals surface area contributed by atoms with Crippen LogP contribution < -0.4 is 15.6 Å². The molecular weight excluding hydrogens is 264 g/mol. The van der Waals surface area contributed by atoms with E-state index in [9.17, 15) is 4.79 Å². The van der Waals surface area contributed by atoms with Crippen LogP contribution in [0.2, 0.25) is 0 Å². The molecule has 1 heterocycles. The monoisotopic (exact) mass is 286 g/mol. The minimum absolute atomic E-state index is 0.0285. The maximum absolute atomic E-state index is 12.0. The molecule has 4 heteroatoms. The molecule has 1 atom stereocenters. The second-order valence-corrected chi connectivity index (χ2v) is 5.00. The van der Waals surface area contributed by atoms with Crippen LogP contribution in [0.1, 0.15) is 24.2 Å². The number of aromatic nitrogens is 1. The summed E-state index contributed by atoms with van der Waals surface area (Å²) >= 11 is 0. The lowest BCUT2D eigenvalue weighted by atomic mass is 10.1. The first-order chi connectivity index (χ1) is 10.2. The van der Waals surface area contributed by atoms with Gasteiger partial charge in [0.25, 0.3) is 5.56 Å². The number of nitrogens with zero attached hydrogens (tertiary/aromatic N) is 1. The summed E-state index contributed by atoms with van der Waals surface area (Å²) in [7, 11) is 1.66. The molecule has 0 aliphatic carbocycles. The molecule has 1 aromatic carbocycles. The Morgan fingerprint density at radius 3 is 2.67 bits per heavy atom. The van der Waals surface area contributed by atoms with E-state index in [-0.39, 0.29) is 11.6 Å². The number of ether oxygens (including phenoxy) is 1. The Morgan fingerprint density at radius 2 is 2.00 bits per heavy atom. The standard InChI is InChI=1S/C17H22N2O2/c1-4-18-16(14-8-6-9-15(11-14)21-3)12-19-13(2)7-5-10-17(19)20/h5-11,16,18H,4,12H2,1-3H3. The number of rotatable bonds is 6. The first-order valence-electron chi connectivity index (χ1n) is 7.19. The number of aryl methyl sites for hydroxylation is 1. The second kappa shape index (κ2) is 7.09. The SMILES string of the molecule is CCNC(Cn1c(C)cccc1=O)c1cccc(OC)c1. The number of likely N-dealkylation sites (N-methyl/N-ethyl adjacent to an activating group) is 1. The van der Waals surface area contributed by atoms with Gasteiger partial charge in [-0.2, -0.15) is 0 Å². The summed E-state index contributed by atoms with van der Waals surface area (Å²) in [6, 6.07) is 13.4. The largest absolute Gasteiger partial charge is 0.497 e. The van der Waals surface area contributed by atoms with Crippen LogP contribution in [0.15, 0.2) is 47.3 Å². The van der Waals surface area contributed by atoms with Gasteiger partial charge in [0.05, 0.1) is 13.2 Å². The average Bonchev–Trinajstić information content (AvgIpc) is 2.50. The highest BCUT2D eigenvalue weighted by Gasteiger charge is 2.13. The summed E-state index contributed by atoms with van der Waals surface area (Å²) in [4.78, 5) is 12.0. The maximum Gasteiger partial charge on any atom is 0.250 e. The highest BCUT2D eigenvalue weighted by atomic mass is 16.5. The lowest BCUT2D eigenvalue weighted by Gasteiger charge is -2.21. The number of hydrogen-bond acceptors (Lipinski definition) is 3. The molecular formula is C17H22N2O2. The van der Waals surface area contributed by atoms with Crippen LogP contribution in [0, 0.1) is 6.92 Å². The molecule has 1 N–H and O–H groups in total. The highest BCUT2D eigenvalue weighted by Crippen LogP contribution is 2.20. The number of nitrogens with one attached hydrogen (secondary N) is 1. The van der Waals surface area contributed by atoms with E-state index < -0.39 is 0 Å². The van der Waals surface area contributed by atoms with Crippen LogP contribution in [-0.4, -0.2) is 18.2 Å². The van der Waals surface area contributed by atoms with Gasteiger partial charge < -0.3 is 14.6 Å². The molecule has 0 bridgehead atoms. The van der Waals surface area contributed by atoms with Crippen molar-refractivity contribution < 1.29 is 4.74 Å². The van der Waals surface area contributed by atoms with Gasteiger partial charge >= 0.3 is 0 Å². The van der Waals surface area contributed by atoms with Gasteiger partial charge in [-0.25, -0.2) is 0 Å². The molecule has 0 saturated carbocycles. The van der Waals surface area contributed by atoms with Gasteiger partial charge in [0.2, 0.25) is 0 Å². The van der Waals surface area contributed by atoms with E-state index in [1.54, 1.807) is 23.8 Å². The van der Waals surface area contributed by atoms with Crippen LogP contribution >= 0.6 is 0 Å². The topological polar surface area (TPSA) is 43.3 Å². The fraction of sp³-hybridized carbons (Fsp3) is 0.353. The number of hydrogen-bond donors (Lipinski definition) is 1. The molecule has 0 spiro atoms. The van der Waals surface area contributed by atoms with Crippen molar-refractivity contribution in [2.24, 2.45) is 0 Å². The van der Waals surface area contributed by atoms with E-state index >= 15 is 0 Å². The normalized spacial score (nSPS) is 12.1. The molecule has 0 saturated heterocycles. The Bertz CT molecular complexity index is 649. The van der Waals surface area contributed by atoms with Gasteiger partial charge in [0, 0.05) is 18.3 Å². The summed E-state index contributed by atoms with van der Waals surface area (Å²) in [5.41, 5.74) is 2.11. The molecule has 2 aromatic rings. The summed E-state index contributed by atoms with van der Waals surface area (Å²) in [5.74, 6) is 0.826. The Labute approximate surface area is 125 Å². The molecule has 4 nitrogen and oxygen atoms in total. The van der Waals surface area contributed by atoms with Crippen molar-refractivity contribution in [3.8, 4) is 5.75 Å². The molecule has 0 amide bonds. The maximum atomic E-state index is 12.0. The zero-order valence-corrected chi connectivity index (χ0v) is 12.8. The molecule has 2 rings (SSSR count). The van der Waals surface area contributed by atoms with E-state index in [0.717, 1.165) is 23.6 Å². The minimum Gasteiger partial charge on any atom is -0.497 e. The molecule has 0 fully saturated rings. The molecule has 1 aromatic heterocycles. The number of pyridine rings is 1. The fourth-order valence-electron chi connectivity index (χ4n) is 2.43. The third-order valence-electron chi connectivity index (χ3n) is 3.58. The Hall–Kier alpha value is -2.07. The van der Waals surface area contributed by atoms with Crippen molar-refractivity contribution in [3.05, 3.63) is 64.1 Å². The molecule has 0 aliphatic rings. The van der Waals surface area contributed by atoms with Crippen molar-refractivity contribution in [2.45, 2.75) is 26.4 Å². The summed E-state index contributed by atoms with van der Waals surface area (Å²) in [5, 5.41) is 3.44. The highest BCUT2D eigenvalue weighted by molar-refractivity contribution is 5.30. The van der Waals surface area contributed by atoms with E-state index in [0.29, 0.717) is 6.54 Å². The fourth-order valence-corrected chi connectivity index (χ4v) is 2.43. The lowest BCUT2D eigenvalue weighted by Crippen LogP contribution is -2.31. The predicted octanol–water partition coefficient (Wildman–Crippen LogP) is 2.52. The van der Waals surface area contributed by atoms with Crippen molar-refractivity contribution in [3.63, 3.8) is 0 Å². The van der Waals surface area contributed by atoms with Crippen LogP contribution in [-0.2, 0) is 6.54 Å². The smallest absolute Gasteiger partial charge is 0.250 e. The van der Waals surface area contributed by atoms with E-state index in [1.807, 2.05) is 31.2 Å². The van der Waals surface area contributed by atoms with Crippen molar-refractivity contribution in [1.29, 1.82) is 0 Å². The van der Waals surface area contributed by atoms with E-state index in [1.165, 1.54) is 0 Å². The summed E-state index contributed by atoms with van der Waals surface area (Å²) in [6.45, 7) is 5.46. The predicted molar refractivity (Wildman–Crippen MR) is 84.9 cm³/mol. The third kappa shape index (κ3) is 3.73. The van der Waals surface area contributed by atoms with Crippen molar-refractivity contribution in [2.75, 3.05) is 13.7 Å². The molecule has 21 heavy (non-hydrogen) atoms. The Balaban J connectivity index is 2.33. The number of methoxy groups -OCH3 is 1. The lowest BCUT2D eigenvalue weighted by molar-refractivity contribution is 0.410. The molecule has 1 unspecified atom stereocenters. The first-order valence-corrected chi connectivity index (χ1v) is 7.19. The van der Waals surface area contributed by atoms with Gasteiger partial charge in [-0.1, -0.05) is 25.1 Å². The van der Waals surface area contributed by atoms with E-state index in [4.69, 9.17) is 4.74 Å². The van der Waals surface area contributed by atoms with Crippen molar-refractivity contribution >= 4 is 0 Å². The van der Waals surface area contributed by atoms with E-state index in [2.05, 4.69) is 18.3 Å². The summed E-state index contributed by atoms with van der Waals surface area (Å²) in [6.07, 6.45) is 0. The summed E-state index contributed by atoms with van der Waals surface area (Å²) < 4.78 is 7.08. The minimum atomic E-state index is 0.0285. The second-order valence-electron chi connectivity index (χ2n) is 5.00. The first kappa shape index (κ1) is 15.3. The Kier molecular flexibility index (Phi) is 5.17. The van der Waals surface area contributed by atoms with Gasteiger partial charge in [-0.15, -0.1) is 0 Å².